The number of anilines is 1. The Balaban J connectivity index is 1.83. The molecule has 0 aromatic heterocycles. The summed E-state index contributed by atoms with van der Waals surface area (Å²) >= 11 is 0. The Hall–Kier alpha value is -2.87. The van der Waals surface area contributed by atoms with Gasteiger partial charge in [-0.25, -0.2) is 0 Å². The highest BCUT2D eigenvalue weighted by atomic mass is 16.1. The number of carbonyl (C=O) groups is 1. The van der Waals surface area contributed by atoms with Gasteiger partial charge in [-0.15, -0.1) is 0 Å². The van der Waals surface area contributed by atoms with Gasteiger partial charge < -0.3 is 4.90 Å². The van der Waals surface area contributed by atoms with Crippen molar-refractivity contribution in [2.75, 3.05) is 4.90 Å². The van der Waals surface area contributed by atoms with Gasteiger partial charge in [0.05, 0.1) is 5.70 Å². The normalized spacial score (nSPS) is 16.7. The molecule has 2 heteroatoms. The topological polar surface area (TPSA) is 20.3 Å². The van der Waals surface area contributed by atoms with E-state index in [-0.39, 0.29) is 5.78 Å². The molecule has 1 heterocycles. The largest absolute Gasteiger partial charge is 0.316 e. The van der Waals surface area contributed by atoms with Crippen LogP contribution in [0.1, 0.15) is 29.6 Å². The van der Waals surface area contributed by atoms with Crippen molar-refractivity contribution in [2.24, 2.45) is 0 Å². The van der Waals surface area contributed by atoms with Crippen LogP contribution in [0.15, 0.2) is 95.9 Å². The maximum Gasteiger partial charge on any atom is 0.191 e. The van der Waals surface area contributed by atoms with Crippen LogP contribution in [-0.2, 0) is 0 Å². The lowest BCUT2D eigenvalue weighted by Crippen LogP contribution is -2.26. The molecule has 0 saturated heterocycles. The minimum Gasteiger partial charge on any atom is -0.316 e. The third kappa shape index (κ3) is 2.61. The second kappa shape index (κ2) is 6.32. The zero-order valence-corrected chi connectivity index (χ0v) is 13.5. The predicted octanol–water partition coefficient (Wildman–Crippen LogP) is 5.27. The molecule has 118 valence electrons. The van der Waals surface area contributed by atoms with E-state index >= 15 is 0 Å². The van der Waals surface area contributed by atoms with Gasteiger partial charge in [0.15, 0.2) is 5.78 Å². The van der Waals surface area contributed by atoms with E-state index in [1.165, 1.54) is 5.57 Å². The van der Waals surface area contributed by atoms with Crippen molar-refractivity contribution >= 4 is 11.5 Å². The molecule has 24 heavy (non-hydrogen) atoms. The lowest BCUT2D eigenvalue weighted by atomic mass is 9.85. The summed E-state index contributed by atoms with van der Waals surface area (Å²) in [5, 5.41) is 0. The van der Waals surface area contributed by atoms with E-state index in [1.807, 2.05) is 48.5 Å². The lowest BCUT2D eigenvalue weighted by molar-refractivity contribution is 0.102. The number of para-hydroxylation sites is 1. The zero-order valence-electron chi connectivity index (χ0n) is 13.5. The molecular formula is C22H19NO. The van der Waals surface area contributed by atoms with Crippen LogP contribution in [0.2, 0.25) is 0 Å². The van der Waals surface area contributed by atoms with E-state index in [0.717, 1.165) is 41.8 Å². The fourth-order valence-corrected chi connectivity index (χ4v) is 3.46. The first kappa shape index (κ1) is 14.7. The second-order valence-electron chi connectivity index (χ2n) is 6.11. The van der Waals surface area contributed by atoms with Crippen molar-refractivity contribution in [1.29, 1.82) is 0 Å². The standard InChI is InChI=1S/C22H19NO/c24-22(18-9-3-1-4-10-18)20-15-7-11-17-12-8-16-23(21(17)20)19-13-5-2-6-14-19/h1-6,8-10,12-14,16H,7,11,15H2. The number of allylic oxidation sites excluding steroid dienone is 4. The minimum absolute atomic E-state index is 0.146. The summed E-state index contributed by atoms with van der Waals surface area (Å²) in [6.07, 6.45) is 9.15. The molecule has 0 atom stereocenters. The Morgan fingerprint density at radius 3 is 2.33 bits per heavy atom. The Morgan fingerprint density at radius 2 is 1.58 bits per heavy atom. The summed E-state index contributed by atoms with van der Waals surface area (Å²) in [7, 11) is 0. The molecule has 0 radical (unpaired) electrons. The van der Waals surface area contributed by atoms with Crippen LogP contribution in [0.3, 0.4) is 0 Å². The highest BCUT2D eigenvalue weighted by molar-refractivity contribution is 6.10. The number of hydrogen-bond donors (Lipinski definition) is 0. The number of carbonyl (C=O) groups excluding carboxylic acids is 1. The number of fused-ring (bicyclic) bond motifs is 1. The lowest BCUT2D eigenvalue weighted by Gasteiger charge is -2.33. The molecule has 0 spiro atoms. The number of ketones is 1. The van der Waals surface area contributed by atoms with Gasteiger partial charge in [-0.05, 0) is 43.0 Å². The van der Waals surface area contributed by atoms with Crippen LogP contribution in [0.5, 0.6) is 0 Å². The van der Waals surface area contributed by atoms with E-state index in [2.05, 4.69) is 35.4 Å². The fourth-order valence-electron chi connectivity index (χ4n) is 3.46. The van der Waals surface area contributed by atoms with Gasteiger partial charge in [0.1, 0.15) is 0 Å². The molecule has 2 aliphatic rings. The summed E-state index contributed by atoms with van der Waals surface area (Å²) in [6, 6.07) is 19.8. The number of hydrogen-bond acceptors (Lipinski definition) is 2. The van der Waals surface area contributed by atoms with Gasteiger partial charge in [0, 0.05) is 23.0 Å². The SMILES string of the molecule is O=C(C1=C2C(=CC=CN2c2ccccc2)CCC1)c1ccccc1. The first-order valence-corrected chi connectivity index (χ1v) is 8.39. The van der Waals surface area contributed by atoms with Crippen LogP contribution < -0.4 is 4.90 Å². The van der Waals surface area contributed by atoms with Gasteiger partial charge in [-0.3, -0.25) is 4.79 Å². The first-order valence-electron chi connectivity index (χ1n) is 8.39. The molecule has 1 aliphatic heterocycles. The Morgan fingerprint density at radius 1 is 0.875 bits per heavy atom. The Kier molecular flexibility index (Phi) is 3.87. The van der Waals surface area contributed by atoms with Crippen molar-refractivity contribution < 1.29 is 4.79 Å². The summed E-state index contributed by atoms with van der Waals surface area (Å²) in [5.41, 5.74) is 5.11. The quantitative estimate of drug-likeness (QED) is 0.720. The van der Waals surface area contributed by atoms with E-state index < -0.39 is 0 Å². The summed E-state index contributed by atoms with van der Waals surface area (Å²) in [5.74, 6) is 0.146. The van der Waals surface area contributed by atoms with Crippen LogP contribution in [0, 0.1) is 0 Å². The molecule has 2 aromatic rings. The molecule has 0 amide bonds. The molecular weight excluding hydrogens is 294 g/mol. The van der Waals surface area contributed by atoms with E-state index in [4.69, 9.17) is 0 Å². The smallest absolute Gasteiger partial charge is 0.191 e. The van der Waals surface area contributed by atoms with Crippen molar-refractivity contribution in [3.05, 3.63) is 101 Å². The average Bonchev–Trinajstić information content (AvgIpc) is 2.68. The average molecular weight is 313 g/mol. The zero-order chi connectivity index (χ0) is 16.4. The Labute approximate surface area is 142 Å². The molecule has 0 unspecified atom stereocenters. The van der Waals surface area contributed by atoms with E-state index in [1.54, 1.807) is 0 Å². The molecule has 0 fully saturated rings. The van der Waals surface area contributed by atoms with Crippen molar-refractivity contribution in [2.45, 2.75) is 19.3 Å². The monoisotopic (exact) mass is 313 g/mol. The highest BCUT2D eigenvalue weighted by Crippen LogP contribution is 2.38. The molecule has 2 nitrogen and oxygen atoms in total. The molecule has 0 bridgehead atoms. The van der Waals surface area contributed by atoms with Crippen molar-refractivity contribution in [3.8, 4) is 0 Å². The second-order valence-corrected chi connectivity index (χ2v) is 6.11. The van der Waals surface area contributed by atoms with Crippen molar-refractivity contribution in [1.82, 2.24) is 0 Å². The number of benzene rings is 2. The Bertz CT molecular complexity index is 844. The van der Waals surface area contributed by atoms with Gasteiger partial charge in [0.25, 0.3) is 0 Å². The summed E-state index contributed by atoms with van der Waals surface area (Å²) in [6.45, 7) is 0. The molecule has 4 rings (SSSR count). The number of nitrogens with zero attached hydrogens (tertiary/aromatic N) is 1. The van der Waals surface area contributed by atoms with Gasteiger partial charge in [-0.2, -0.15) is 0 Å². The van der Waals surface area contributed by atoms with Crippen LogP contribution in [-0.4, -0.2) is 5.78 Å². The van der Waals surface area contributed by atoms with Gasteiger partial charge in [-0.1, -0.05) is 54.6 Å². The summed E-state index contributed by atoms with van der Waals surface area (Å²) < 4.78 is 0. The third-order valence-electron chi connectivity index (χ3n) is 4.58. The molecule has 1 aliphatic carbocycles. The maximum absolute atomic E-state index is 13.1. The van der Waals surface area contributed by atoms with Crippen LogP contribution in [0.25, 0.3) is 0 Å². The van der Waals surface area contributed by atoms with Gasteiger partial charge in [0.2, 0.25) is 0 Å². The first-order chi connectivity index (χ1) is 11.8. The van der Waals surface area contributed by atoms with Crippen LogP contribution >= 0.6 is 0 Å². The third-order valence-corrected chi connectivity index (χ3v) is 4.58. The van der Waals surface area contributed by atoms with E-state index in [0.29, 0.717) is 0 Å². The van der Waals surface area contributed by atoms with Gasteiger partial charge >= 0.3 is 0 Å². The minimum atomic E-state index is 0.146. The highest BCUT2D eigenvalue weighted by Gasteiger charge is 2.28. The predicted molar refractivity (Wildman–Crippen MR) is 97.8 cm³/mol. The number of Topliss-reactive ketones (excluding diaryl/α,β-unsaturated/α-hetero) is 1. The van der Waals surface area contributed by atoms with Crippen molar-refractivity contribution in [3.63, 3.8) is 0 Å². The molecule has 2 aromatic carbocycles. The number of rotatable bonds is 3. The fraction of sp³-hybridized carbons (Fsp3) is 0.136. The maximum atomic E-state index is 13.1. The van der Waals surface area contributed by atoms with E-state index in [9.17, 15) is 4.79 Å². The molecule has 0 N–H and O–H groups in total. The van der Waals surface area contributed by atoms with Crippen LogP contribution in [0.4, 0.5) is 5.69 Å². The molecule has 0 saturated carbocycles. The summed E-state index contributed by atoms with van der Waals surface area (Å²) in [4.78, 5) is 15.3.